The molecule has 0 saturated heterocycles. The predicted octanol–water partition coefficient (Wildman–Crippen LogP) is 3.91. The first-order valence-electron chi connectivity index (χ1n) is 4.79. The second kappa shape index (κ2) is 5.93. The lowest BCUT2D eigenvalue weighted by Gasteiger charge is -2.26. The molecule has 0 aliphatic heterocycles. The van der Waals surface area contributed by atoms with Gasteiger partial charge in [0.2, 0.25) is 0 Å². The molecule has 0 spiro atoms. The van der Waals surface area contributed by atoms with Crippen molar-refractivity contribution in [3.05, 3.63) is 0 Å². The third-order valence-electron chi connectivity index (χ3n) is 2.37. The van der Waals surface area contributed by atoms with Crippen molar-refractivity contribution in [3.63, 3.8) is 0 Å². The van der Waals surface area contributed by atoms with Crippen LogP contribution < -0.4 is 0 Å². The quantitative estimate of drug-likeness (QED) is 0.580. The van der Waals surface area contributed by atoms with Crippen LogP contribution in [0.15, 0.2) is 0 Å². The van der Waals surface area contributed by atoms with Crippen LogP contribution in [0.5, 0.6) is 0 Å². The topological polar surface area (TPSA) is 0 Å². The molecular formula is C10H22S. The maximum atomic E-state index is 4.41. The molecule has 0 N–H and O–H groups in total. The summed E-state index contributed by atoms with van der Waals surface area (Å²) in [6, 6.07) is 0. The van der Waals surface area contributed by atoms with Gasteiger partial charge in [0.15, 0.2) is 0 Å². The van der Waals surface area contributed by atoms with E-state index in [1.807, 2.05) is 0 Å². The highest BCUT2D eigenvalue weighted by Gasteiger charge is 2.19. The van der Waals surface area contributed by atoms with Crippen LogP contribution in [0.3, 0.4) is 0 Å². The zero-order valence-electron chi connectivity index (χ0n) is 8.19. The zero-order chi connectivity index (χ0) is 8.74. The van der Waals surface area contributed by atoms with Gasteiger partial charge in [-0.2, -0.15) is 12.6 Å². The molecule has 0 fully saturated rings. The highest BCUT2D eigenvalue weighted by molar-refractivity contribution is 7.80. The van der Waals surface area contributed by atoms with E-state index >= 15 is 0 Å². The molecule has 0 aromatic rings. The van der Waals surface area contributed by atoms with Crippen LogP contribution in [0.4, 0.5) is 0 Å². The average Bonchev–Trinajstić information content (AvgIpc) is 2.02. The molecule has 0 aliphatic rings. The minimum atomic E-state index is 0.508. The highest BCUT2D eigenvalue weighted by Crippen LogP contribution is 2.30. The highest BCUT2D eigenvalue weighted by atomic mass is 32.1. The molecule has 0 bridgehead atoms. The predicted molar refractivity (Wildman–Crippen MR) is 56.4 cm³/mol. The fraction of sp³-hybridized carbons (Fsp3) is 1.00. The Morgan fingerprint density at radius 2 is 1.73 bits per heavy atom. The standard InChI is InChI=1S/C10H22S/c1-4-6-8-10(3,9-11)7-5-2/h11H,4-9H2,1-3H3. The van der Waals surface area contributed by atoms with Gasteiger partial charge in [0.05, 0.1) is 0 Å². The van der Waals surface area contributed by atoms with Crippen molar-refractivity contribution in [1.29, 1.82) is 0 Å². The normalized spacial score (nSPS) is 16.4. The Balaban J connectivity index is 3.68. The molecular weight excluding hydrogens is 152 g/mol. The van der Waals surface area contributed by atoms with Crippen molar-refractivity contribution in [2.75, 3.05) is 5.75 Å². The Labute approximate surface area is 77.2 Å². The number of rotatable bonds is 6. The Morgan fingerprint density at radius 3 is 2.09 bits per heavy atom. The lowest BCUT2D eigenvalue weighted by atomic mass is 9.83. The Morgan fingerprint density at radius 1 is 1.09 bits per heavy atom. The molecule has 0 saturated carbocycles. The van der Waals surface area contributed by atoms with Gasteiger partial charge >= 0.3 is 0 Å². The number of unbranched alkanes of at least 4 members (excludes halogenated alkanes) is 1. The minimum absolute atomic E-state index is 0.508. The molecule has 0 aromatic carbocycles. The molecule has 1 atom stereocenters. The summed E-state index contributed by atoms with van der Waals surface area (Å²) in [5, 5.41) is 0. The van der Waals surface area contributed by atoms with Gasteiger partial charge in [0, 0.05) is 0 Å². The fourth-order valence-corrected chi connectivity index (χ4v) is 1.81. The van der Waals surface area contributed by atoms with E-state index in [2.05, 4.69) is 33.4 Å². The van der Waals surface area contributed by atoms with E-state index in [0.29, 0.717) is 5.41 Å². The van der Waals surface area contributed by atoms with Crippen LogP contribution in [0.2, 0.25) is 0 Å². The second-order valence-electron chi connectivity index (χ2n) is 3.82. The van der Waals surface area contributed by atoms with E-state index in [4.69, 9.17) is 0 Å². The Kier molecular flexibility index (Phi) is 6.12. The van der Waals surface area contributed by atoms with Gasteiger partial charge in [-0.05, 0) is 24.0 Å². The van der Waals surface area contributed by atoms with Crippen LogP contribution in [0.1, 0.15) is 52.9 Å². The summed E-state index contributed by atoms with van der Waals surface area (Å²) in [6.45, 7) is 6.87. The van der Waals surface area contributed by atoms with E-state index in [1.54, 1.807) is 0 Å². The monoisotopic (exact) mass is 174 g/mol. The molecule has 1 unspecified atom stereocenters. The zero-order valence-corrected chi connectivity index (χ0v) is 9.08. The van der Waals surface area contributed by atoms with Crippen molar-refractivity contribution in [2.24, 2.45) is 5.41 Å². The first-order chi connectivity index (χ1) is 5.18. The summed E-state index contributed by atoms with van der Waals surface area (Å²) in [5.74, 6) is 1.04. The molecule has 0 nitrogen and oxygen atoms in total. The molecule has 1 heteroatoms. The Hall–Kier alpha value is 0.350. The molecule has 0 radical (unpaired) electrons. The van der Waals surface area contributed by atoms with Crippen molar-refractivity contribution >= 4 is 12.6 Å². The third-order valence-corrected chi connectivity index (χ3v) is 3.13. The van der Waals surface area contributed by atoms with Gasteiger partial charge in [-0.25, -0.2) is 0 Å². The lowest BCUT2D eigenvalue weighted by Crippen LogP contribution is -2.17. The molecule has 68 valence electrons. The molecule has 0 aromatic heterocycles. The van der Waals surface area contributed by atoms with Crippen LogP contribution >= 0.6 is 12.6 Å². The van der Waals surface area contributed by atoms with Crippen LogP contribution in [-0.2, 0) is 0 Å². The van der Waals surface area contributed by atoms with Crippen molar-refractivity contribution in [1.82, 2.24) is 0 Å². The van der Waals surface area contributed by atoms with Gasteiger partial charge < -0.3 is 0 Å². The van der Waals surface area contributed by atoms with E-state index < -0.39 is 0 Å². The van der Waals surface area contributed by atoms with Crippen LogP contribution in [0, 0.1) is 5.41 Å². The van der Waals surface area contributed by atoms with Crippen molar-refractivity contribution in [2.45, 2.75) is 52.9 Å². The number of hydrogen-bond acceptors (Lipinski definition) is 1. The number of thiol groups is 1. The summed E-state index contributed by atoms with van der Waals surface area (Å²) >= 11 is 4.41. The average molecular weight is 174 g/mol. The van der Waals surface area contributed by atoms with E-state index in [9.17, 15) is 0 Å². The van der Waals surface area contributed by atoms with Gasteiger partial charge in [-0.15, -0.1) is 0 Å². The number of hydrogen-bond donors (Lipinski definition) is 1. The van der Waals surface area contributed by atoms with Crippen molar-refractivity contribution in [3.8, 4) is 0 Å². The molecule has 0 aliphatic carbocycles. The van der Waals surface area contributed by atoms with Gasteiger partial charge in [0.1, 0.15) is 0 Å². The smallest absolute Gasteiger partial charge is 0.00438 e. The largest absolute Gasteiger partial charge is 0.179 e. The van der Waals surface area contributed by atoms with Crippen LogP contribution in [0.25, 0.3) is 0 Å². The van der Waals surface area contributed by atoms with E-state index in [1.165, 1.54) is 32.1 Å². The molecule has 0 amide bonds. The van der Waals surface area contributed by atoms with Crippen LogP contribution in [-0.4, -0.2) is 5.75 Å². The first-order valence-corrected chi connectivity index (χ1v) is 5.42. The fourth-order valence-electron chi connectivity index (χ4n) is 1.49. The molecule has 11 heavy (non-hydrogen) atoms. The SMILES string of the molecule is CCCCC(C)(CS)CCC. The second-order valence-corrected chi connectivity index (χ2v) is 4.14. The summed E-state index contributed by atoms with van der Waals surface area (Å²) in [5.41, 5.74) is 0.508. The summed E-state index contributed by atoms with van der Waals surface area (Å²) in [4.78, 5) is 0. The van der Waals surface area contributed by atoms with Gasteiger partial charge in [-0.1, -0.05) is 40.0 Å². The summed E-state index contributed by atoms with van der Waals surface area (Å²) < 4.78 is 0. The third kappa shape index (κ3) is 4.73. The lowest BCUT2D eigenvalue weighted by molar-refractivity contribution is 0.303. The maximum Gasteiger partial charge on any atom is -0.00438 e. The Bertz CT molecular complexity index is 90.9. The molecule has 0 rings (SSSR count). The first kappa shape index (κ1) is 11.4. The van der Waals surface area contributed by atoms with E-state index in [0.717, 1.165) is 5.75 Å². The van der Waals surface area contributed by atoms with Gasteiger partial charge in [-0.3, -0.25) is 0 Å². The van der Waals surface area contributed by atoms with Crippen molar-refractivity contribution < 1.29 is 0 Å². The summed E-state index contributed by atoms with van der Waals surface area (Å²) in [6.07, 6.45) is 6.64. The van der Waals surface area contributed by atoms with Gasteiger partial charge in [0.25, 0.3) is 0 Å². The maximum absolute atomic E-state index is 4.41. The summed E-state index contributed by atoms with van der Waals surface area (Å²) in [7, 11) is 0. The molecule has 0 heterocycles. The van der Waals surface area contributed by atoms with E-state index in [-0.39, 0.29) is 0 Å². The minimum Gasteiger partial charge on any atom is -0.179 e.